The molecule has 0 aliphatic heterocycles. The second-order valence-corrected chi connectivity index (χ2v) is 9.10. The molecule has 0 aromatic heterocycles. The summed E-state index contributed by atoms with van der Waals surface area (Å²) in [4.78, 5) is 37.1. The number of halogens is 2. The Morgan fingerprint density at radius 2 is 1.69 bits per heavy atom. The van der Waals surface area contributed by atoms with Crippen LogP contribution in [0.25, 0.3) is 0 Å². The van der Waals surface area contributed by atoms with Crippen LogP contribution in [0.5, 0.6) is 11.5 Å². The minimum atomic E-state index is -0.946. The highest BCUT2D eigenvalue weighted by molar-refractivity contribution is 6.35. The van der Waals surface area contributed by atoms with Crippen LogP contribution in [0, 0.1) is 0 Å². The number of carbonyl (C=O) groups is 3. The summed E-state index contributed by atoms with van der Waals surface area (Å²) in [6.45, 7) is 1.35. The van der Waals surface area contributed by atoms with Crippen molar-refractivity contribution in [1.82, 2.24) is 10.7 Å². The Balaban J connectivity index is 1.63. The Bertz CT molecular complexity index is 1300. The number of hydrazone groups is 1. The van der Waals surface area contributed by atoms with E-state index in [0.717, 1.165) is 5.56 Å². The van der Waals surface area contributed by atoms with Gasteiger partial charge in [-0.3, -0.25) is 9.59 Å². The minimum Gasteiger partial charge on any atom is -0.482 e. The molecule has 39 heavy (non-hydrogen) atoms. The van der Waals surface area contributed by atoms with E-state index in [0.29, 0.717) is 22.1 Å². The van der Waals surface area contributed by atoms with Crippen molar-refractivity contribution in [3.05, 3.63) is 94.0 Å². The largest absolute Gasteiger partial charge is 0.482 e. The van der Waals surface area contributed by atoms with Crippen LogP contribution in [0.15, 0.2) is 77.9 Å². The molecule has 2 amide bonds. The van der Waals surface area contributed by atoms with Crippen molar-refractivity contribution in [2.24, 2.45) is 5.10 Å². The fourth-order valence-electron chi connectivity index (χ4n) is 3.26. The number of nitrogens with zero attached hydrogens (tertiary/aromatic N) is 1. The van der Waals surface area contributed by atoms with Crippen molar-refractivity contribution in [2.45, 2.75) is 25.5 Å². The number of hydrogen-bond acceptors (Lipinski definition) is 7. The standard InChI is InChI=1S/C28H27Cl2N3O6/c1-18(39-25-13-10-21(29)15-23(25)30)27(35)32-24(14-19-6-4-3-5-7-19)28(36)33-31-16-20-8-11-22(12-9-20)38-17-26(34)37-2/h3-13,15-16,18,24H,14,17H2,1-2H3,(H,32,35)(H,33,36)/b31-16-/t18-,24-/m1/s1. The summed E-state index contributed by atoms with van der Waals surface area (Å²) in [6, 6.07) is 19.7. The Morgan fingerprint density at radius 1 is 0.974 bits per heavy atom. The lowest BCUT2D eigenvalue weighted by molar-refractivity contribution is -0.142. The molecule has 0 spiro atoms. The quantitative estimate of drug-likeness (QED) is 0.191. The predicted octanol–water partition coefficient (Wildman–Crippen LogP) is 4.19. The molecule has 2 atom stereocenters. The van der Waals surface area contributed by atoms with Crippen LogP contribution in [0.1, 0.15) is 18.1 Å². The van der Waals surface area contributed by atoms with Gasteiger partial charge in [-0.2, -0.15) is 5.10 Å². The Labute approximate surface area is 236 Å². The number of nitrogens with one attached hydrogen (secondary N) is 2. The summed E-state index contributed by atoms with van der Waals surface area (Å²) in [5.74, 6) is -0.750. The number of carbonyl (C=O) groups excluding carboxylic acids is 3. The molecule has 0 heterocycles. The molecule has 0 aliphatic carbocycles. The normalized spacial score (nSPS) is 12.3. The van der Waals surface area contributed by atoms with Gasteiger partial charge in [0.2, 0.25) is 0 Å². The van der Waals surface area contributed by atoms with Crippen molar-refractivity contribution in [2.75, 3.05) is 13.7 Å². The van der Waals surface area contributed by atoms with Gasteiger partial charge in [-0.1, -0.05) is 53.5 Å². The fourth-order valence-corrected chi connectivity index (χ4v) is 3.72. The number of benzene rings is 3. The lowest BCUT2D eigenvalue weighted by atomic mass is 10.1. The molecule has 9 nitrogen and oxygen atoms in total. The Kier molecular flexibility index (Phi) is 11.1. The first-order valence-electron chi connectivity index (χ1n) is 11.8. The van der Waals surface area contributed by atoms with Crippen LogP contribution in [-0.4, -0.2) is 49.9 Å². The van der Waals surface area contributed by atoms with Gasteiger partial charge in [0.1, 0.15) is 17.5 Å². The molecular formula is C28H27Cl2N3O6. The molecule has 0 saturated heterocycles. The topological polar surface area (TPSA) is 115 Å². The second-order valence-electron chi connectivity index (χ2n) is 8.25. The summed E-state index contributed by atoms with van der Waals surface area (Å²) in [5, 5.41) is 7.44. The average molecular weight is 572 g/mol. The van der Waals surface area contributed by atoms with Crippen molar-refractivity contribution < 1.29 is 28.6 Å². The van der Waals surface area contributed by atoms with Gasteiger partial charge in [-0.25, -0.2) is 10.2 Å². The summed E-state index contributed by atoms with van der Waals surface area (Å²) < 4.78 is 15.5. The Hall–Kier alpha value is -4.08. The van der Waals surface area contributed by atoms with Gasteiger partial charge >= 0.3 is 5.97 Å². The fraction of sp³-hybridized carbons (Fsp3) is 0.214. The maximum Gasteiger partial charge on any atom is 0.343 e. The molecule has 3 aromatic carbocycles. The molecule has 0 bridgehead atoms. The summed E-state index contributed by atoms with van der Waals surface area (Å²) in [7, 11) is 1.28. The summed E-state index contributed by atoms with van der Waals surface area (Å²) in [5.41, 5.74) is 3.99. The molecule has 0 unspecified atom stereocenters. The van der Waals surface area contributed by atoms with Crippen molar-refractivity contribution in [3.63, 3.8) is 0 Å². The van der Waals surface area contributed by atoms with Crippen molar-refractivity contribution in [1.29, 1.82) is 0 Å². The SMILES string of the molecule is COC(=O)COc1ccc(/C=N\NC(=O)[C@@H](Cc2ccccc2)NC(=O)[C@@H](C)Oc2ccc(Cl)cc2Cl)cc1. The predicted molar refractivity (Wildman–Crippen MR) is 148 cm³/mol. The van der Waals surface area contributed by atoms with E-state index in [-0.39, 0.29) is 18.1 Å². The van der Waals surface area contributed by atoms with E-state index in [2.05, 4.69) is 20.6 Å². The highest BCUT2D eigenvalue weighted by Gasteiger charge is 2.25. The molecular weight excluding hydrogens is 545 g/mol. The van der Waals surface area contributed by atoms with E-state index in [4.69, 9.17) is 32.7 Å². The van der Waals surface area contributed by atoms with Gasteiger partial charge in [0.15, 0.2) is 12.7 Å². The molecule has 11 heteroatoms. The highest BCUT2D eigenvalue weighted by atomic mass is 35.5. The van der Waals surface area contributed by atoms with Crippen LogP contribution in [0.2, 0.25) is 10.0 Å². The van der Waals surface area contributed by atoms with Crippen molar-refractivity contribution >= 4 is 47.2 Å². The number of methoxy groups -OCH3 is 1. The maximum absolute atomic E-state index is 13.0. The first-order chi connectivity index (χ1) is 18.7. The second kappa shape index (κ2) is 14.8. The molecule has 2 N–H and O–H groups in total. The van der Waals surface area contributed by atoms with Crippen LogP contribution in [0.3, 0.4) is 0 Å². The maximum atomic E-state index is 13.0. The average Bonchev–Trinajstić information content (AvgIpc) is 2.93. The zero-order chi connectivity index (χ0) is 28.2. The lowest BCUT2D eigenvalue weighted by Crippen LogP contribution is -2.50. The van der Waals surface area contributed by atoms with E-state index in [1.54, 1.807) is 43.3 Å². The number of esters is 1. The third-order valence-electron chi connectivity index (χ3n) is 5.34. The van der Waals surface area contributed by atoms with Crippen LogP contribution < -0.4 is 20.2 Å². The minimum absolute atomic E-state index is 0.203. The Morgan fingerprint density at radius 3 is 2.36 bits per heavy atom. The highest BCUT2D eigenvalue weighted by Crippen LogP contribution is 2.28. The molecule has 0 aliphatic rings. The van der Waals surface area contributed by atoms with Crippen molar-refractivity contribution in [3.8, 4) is 11.5 Å². The van der Waals surface area contributed by atoms with E-state index in [9.17, 15) is 14.4 Å². The number of ether oxygens (including phenoxy) is 3. The van der Waals surface area contributed by atoms with Gasteiger partial charge in [-0.15, -0.1) is 0 Å². The van der Waals surface area contributed by atoms with Crippen LogP contribution in [-0.2, 0) is 25.5 Å². The molecule has 0 saturated carbocycles. The zero-order valence-corrected chi connectivity index (χ0v) is 22.7. The third-order valence-corrected chi connectivity index (χ3v) is 5.87. The first-order valence-corrected chi connectivity index (χ1v) is 12.6. The number of hydrogen-bond donors (Lipinski definition) is 2. The van der Waals surface area contributed by atoms with E-state index in [1.807, 2.05) is 30.3 Å². The molecule has 3 rings (SSSR count). The van der Waals surface area contributed by atoms with Crippen LogP contribution >= 0.6 is 23.2 Å². The first kappa shape index (κ1) is 29.5. The summed E-state index contributed by atoms with van der Waals surface area (Å²) in [6.07, 6.45) is 0.727. The smallest absolute Gasteiger partial charge is 0.343 e. The lowest BCUT2D eigenvalue weighted by Gasteiger charge is -2.21. The monoisotopic (exact) mass is 571 g/mol. The van der Waals surface area contributed by atoms with Gasteiger partial charge < -0.3 is 19.5 Å². The zero-order valence-electron chi connectivity index (χ0n) is 21.2. The number of amides is 2. The van der Waals surface area contributed by atoms with Gasteiger partial charge in [0.25, 0.3) is 11.8 Å². The van der Waals surface area contributed by atoms with E-state index in [1.165, 1.54) is 19.4 Å². The molecule has 3 aromatic rings. The van der Waals surface area contributed by atoms with E-state index >= 15 is 0 Å². The molecule has 204 valence electrons. The van der Waals surface area contributed by atoms with Crippen LogP contribution in [0.4, 0.5) is 0 Å². The molecule has 0 radical (unpaired) electrons. The molecule has 0 fully saturated rings. The van der Waals surface area contributed by atoms with Gasteiger partial charge in [-0.05, 0) is 60.5 Å². The number of rotatable bonds is 12. The van der Waals surface area contributed by atoms with Gasteiger partial charge in [0, 0.05) is 11.4 Å². The summed E-state index contributed by atoms with van der Waals surface area (Å²) >= 11 is 12.1. The van der Waals surface area contributed by atoms with E-state index < -0.39 is 29.9 Å². The third kappa shape index (κ3) is 9.63. The van der Waals surface area contributed by atoms with Gasteiger partial charge in [0.05, 0.1) is 18.3 Å².